The van der Waals surface area contributed by atoms with Crippen LogP contribution in [0.15, 0.2) is 0 Å². The van der Waals surface area contributed by atoms with E-state index >= 15 is 0 Å². The lowest BCUT2D eigenvalue weighted by Gasteiger charge is -2.28. The molecule has 0 spiro atoms. The predicted octanol–water partition coefficient (Wildman–Crippen LogP) is -0.110. The van der Waals surface area contributed by atoms with Crippen LogP contribution >= 0.6 is 0 Å². The molecule has 0 saturated carbocycles. The second-order valence-electron chi connectivity index (χ2n) is 4.79. The Kier molecular flexibility index (Phi) is 6.58. The van der Waals surface area contributed by atoms with Crippen molar-refractivity contribution in [1.82, 2.24) is 10.2 Å². The van der Waals surface area contributed by atoms with Gasteiger partial charge in [-0.1, -0.05) is 0 Å². The number of rotatable bonds is 6. The molecule has 7 nitrogen and oxygen atoms in total. The average molecular weight is 274 g/mol. The van der Waals surface area contributed by atoms with Crippen LogP contribution in [-0.2, 0) is 9.53 Å². The number of carbonyl (C=O) groups is 2. The fourth-order valence-electron chi connectivity index (χ4n) is 2.04. The third kappa shape index (κ3) is 5.44. The molecule has 1 atom stereocenters. The summed E-state index contributed by atoms with van der Waals surface area (Å²) < 4.78 is 5.25. The van der Waals surface area contributed by atoms with Gasteiger partial charge in [-0.25, -0.2) is 9.59 Å². The number of urea groups is 1. The van der Waals surface area contributed by atoms with E-state index in [1.54, 1.807) is 7.05 Å². The number of aliphatic hydroxyl groups is 1. The van der Waals surface area contributed by atoms with E-state index in [0.717, 1.165) is 12.8 Å². The fourth-order valence-corrected chi connectivity index (χ4v) is 2.04. The number of hydrogen-bond acceptors (Lipinski definition) is 4. The number of carboxylic acid groups (broad SMARTS) is 1. The Balaban J connectivity index is 2.39. The highest BCUT2D eigenvalue weighted by Gasteiger charge is 2.23. The molecule has 7 heteroatoms. The molecule has 0 aliphatic carbocycles. The van der Waals surface area contributed by atoms with Crippen molar-refractivity contribution >= 4 is 12.0 Å². The number of aliphatic hydroxyl groups excluding tert-OH is 1. The average Bonchev–Trinajstić information content (AvgIpc) is 2.39. The molecular formula is C12H22N2O5. The maximum absolute atomic E-state index is 11.8. The first-order chi connectivity index (χ1) is 9.04. The minimum atomic E-state index is -1.14. The van der Waals surface area contributed by atoms with Crippen molar-refractivity contribution in [2.75, 3.05) is 33.4 Å². The van der Waals surface area contributed by atoms with E-state index in [-0.39, 0.29) is 13.0 Å². The molecule has 1 aliphatic rings. The Morgan fingerprint density at radius 2 is 2.05 bits per heavy atom. The maximum atomic E-state index is 11.8. The molecule has 0 aromatic rings. The van der Waals surface area contributed by atoms with Gasteiger partial charge in [0.25, 0.3) is 0 Å². The Bertz CT molecular complexity index is 304. The summed E-state index contributed by atoms with van der Waals surface area (Å²) in [6.07, 6.45) is 1.83. The highest BCUT2D eigenvalue weighted by molar-refractivity contribution is 5.82. The van der Waals surface area contributed by atoms with Gasteiger partial charge in [0.05, 0.1) is 0 Å². The number of amides is 2. The first-order valence-electron chi connectivity index (χ1n) is 6.47. The third-order valence-electron chi connectivity index (χ3n) is 3.23. The topological polar surface area (TPSA) is 99.1 Å². The first-order valence-corrected chi connectivity index (χ1v) is 6.47. The molecule has 1 aliphatic heterocycles. The Labute approximate surface area is 112 Å². The Hall–Kier alpha value is -1.34. The first kappa shape index (κ1) is 15.7. The molecule has 0 radical (unpaired) electrons. The molecule has 1 saturated heterocycles. The van der Waals surface area contributed by atoms with Crippen LogP contribution < -0.4 is 5.32 Å². The number of carbonyl (C=O) groups excluding carboxylic acids is 1. The van der Waals surface area contributed by atoms with E-state index in [2.05, 4.69) is 5.32 Å². The van der Waals surface area contributed by atoms with Crippen LogP contribution in [0, 0.1) is 5.92 Å². The van der Waals surface area contributed by atoms with Crippen molar-refractivity contribution in [2.24, 2.45) is 5.92 Å². The molecule has 1 fully saturated rings. The van der Waals surface area contributed by atoms with Gasteiger partial charge in [0.1, 0.15) is 6.04 Å². The van der Waals surface area contributed by atoms with E-state index in [0.29, 0.717) is 25.7 Å². The number of ether oxygens (including phenoxy) is 1. The normalized spacial score (nSPS) is 17.8. The Morgan fingerprint density at radius 3 is 2.58 bits per heavy atom. The molecule has 0 aromatic carbocycles. The van der Waals surface area contributed by atoms with Crippen molar-refractivity contribution in [3.63, 3.8) is 0 Å². The molecule has 19 heavy (non-hydrogen) atoms. The van der Waals surface area contributed by atoms with Gasteiger partial charge in [-0.05, 0) is 18.8 Å². The highest BCUT2D eigenvalue weighted by atomic mass is 16.5. The number of nitrogens with zero attached hydrogens (tertiary/aromatic N) is 1. The summed E-state index contributed by atoms with van der Waals surface area (Å²) in [5, 5.41) is 20.1. The molecule has 1 heterocycles. The van der Waals surface area contributed by atoms with E-state index < -0.39 is 18.0 Å². The van der Waals surface area contributed by atoms with Crippen molar-refractivity contribution < 1.29 is 24.5 Å². The summed E-state index contributed by atoms with van der Waals surface area (Å²) >= 11 is 0. The van der Waals surface area contributed by atoms with E-state index in [4.69, 9.17) is 14.9 Å². The van der Waals surface area contributed by atoms with Gasteiger partial charge in [0.2, 0.25) is 0 Å². The van der Waals surface area contributed by atoms with Crippen LogP contribution in [0.1, 0.15) is 19.3 Å². The number of aliphatic carboxylic acids is 1. The summed E-state index contributed by atoms with van der Waals surface area (Å²) in [6, 6.07) is -1.47. The van der Waals surface area contributed by atoms with Gasteiger partial charge in [0, 0.05) is 39.8 Å². The van der Waals surface area contributed by atoms with Gasteiger partial charge in [-0.2, -0.15) is 0 Å². The fraction of sp³-hybridized carbons (Fsp3) is 0.833. The molecule has 2 amide bonds. The maximum Gasteiger partial charge on any atom is 0.326 e. The SMILES string of the molecule is CN(CC1CCOCC1)C(=O)N[C@@H](CCO)C(=O)O. The van der Waals surface area contributed by atoms with E-state index in [1.807, 2.05) is 0 Å². The van der Waals surface area contributed by atoms with Gasteiger partial charge >= 0.3 is 12.0 Å². The van der Waals surface area contributed by atoms with Gasteiger partial charge in [-0.3, -0.25) is 0 Å². The van der Waals surface area contributed by atoms with Crippen LogP contribution in [0.3, 0.4) is 0 Å². The zero-order chi connectivity index (χ0) is 14.3. The van der Waals surface area contributed by atoms with Crippen molar-refractivity contribution in [2.45, 2.75) is 25.3 Å². The van der Waals surface area contributed by atoms with Gasteiger partial charge in [0.15, 0.2) is 0 Å². The Morgan fingerprint density at radius 1 is 1.42 bits per heavy atom. The lowest BCUT2D eigenvalue weighted by Crippen LogP contribution is -2.48. The summed E-state index contributed by atoms with van der Waals surface area (Å²) in [5.74, 6) is -0.743. The van der Waals surface area contributed by atoms with Crippen molar-refractivity contribution in [3.8, 4) is 0 Å². The monoisotopic (exact) mass is 274 g/mol. The minimum absolute atomic E-state index is 0.00613. The van der Waals surface area contributed by atoms with Crippen LogP contribution in [-0.4, -0.2) is 66.6 Å². The van der Waals surface area contributed by atoms with Gasteiger partial charge < -0.3 is 25.2 Å². The zero-order valence-electron chi connectivity index (χ0n) is 11.2. The molecule has 110 valence electrons. The molecule has 1 rings (SSSR count). The standard InChI is InChI=1S/C12H22N2O5/c1-14(8-9-3-6-19-7-4-9)12(18)13-10(2-5-15)11(16)17/h9-10,15H,2-8H2,1H3,(H,13,18)(H,16,17)/t10-/m0/s1. The molecular weight excluding hydrogens is 252 g/mol. The number of carboxylic acids is 1. The largest absolute Gasteiger partial charge is 0.480 e. The van der Waals surface area contributed by atoms with E-state index in [1.165, 1.54) is 4.90 Å². The molecule has 0 aromatic heterocycles. The zero-order valence-corrected chi connectivity index (χ0v) is 11.2. The van der Waals surface area contributed by atoms with Crippen molar-refractivity contribution in [1.29, 1.82) is 0 Å². The number of hydrogen-bond donors (Lipinski definition) is 3. The summed E-state index contributed by atoms with van der Waals surface area (Å²) in [4.78, 5) is 24.2. The van der Waals surface area contributed by atoms with Crippen LogP contribution in [0.5, 0.6) is 0 Å². The predicted molar refractivity (Wildman–Crippen MR) is 67.8 cm³/mol. The smallest absolute Gasteiger partial charge is 0.326 e. The van der Waals surface area contributed by atoms with E-state index in [9.17, 15) is 9.59 Å². The molecule has 3 N–H and O–H groups in total. The lowest BCUT2D eigenvalue weighted by molar-refractivity contribution is -0.139. The molecule has 0 bridgehead atoms. The lowest BCUT2D eigenvalue weighted by atomic mass is 10.00. The van der Waals surface area contributed by atoms with Gasteiger partial charge in [-0.15, -0.1) is 0 Å². The number of nitrogens with one attached hydrogen (secondary N) is 1. The highest BCUT2D eigenvalue weighted by Crippen LogP contribution is 2.15. The summed E-state index contributed by atoms with van der Waals surface area (Å²) in [5.41, 5.74) is 0. The minimum Gasteiger partial charge on any atom is -0.480 e. The second-order valence-corrected chi connectivity index (χ2v) is 4.79. The summed E-state index contributed by atoms with van der Waals surface area (Å²) in [7, 11) is 1.64. The van der Waals surface area contributed by atoms with Crippen LogP contribution in [0.25, 0.3) is 0 Å². The van der Waals surface area contributed by atoms with Crippen LogP contribution in [0.2, 0.25) is 0 Å². The molecule has 0 unspecified atom stereocenters. The van der Waals surface area contributed by atoms with Crippen molar-refractivity contribution in [3.05, 3.63) is 0 Å². The summed E-state index contributed by atoms with van der Waals surface area (Å²) in [6.45, 7) is 1.73. The quantitative estimate of drug-likeness (QED) is 0.627. The second kappa shape index (κ2) is 7.96. The third-order valence-corrected chi connectivity index (χ3v) is 3.23. The van der Waals surface area contributed by atoms with Crippen LogP contribution in [0.4, 0.5) is 4.79 Å².